The Balaban J connectivity index is 1.59. The smallest absolute Gasteiger partial charge is 0.416 e. The maximum Gasteiger partial charge on any atom is 0.416 e. The number of alkyl halides is 3. The van der Waals surface area contributed by atoms with Crippen LogP contribution in [0.25, 0.3) is 0 Å². The van der Waals surface area contributed by atoms with Gasteiger partial charge in [-0.2, -0.15) is 13.2 Å². The van der Waals surface area contributed by atoms with Crippen LogP contribution in [0.1, 0.15) is 36.4 Å². The second-order valence-corrected chi connectivity index (χ2v) is 7.55. The number of carboxylic acid groups (broad SMARTS) is 1. The van der Waals surface area contributed by atoms with Crippen LogP contribution in [-0.2, 0) is 11.0 Å². The van der Waals surface area contributed by atoms with Crippen molar-refractivity contribution >= 4 is 17.8 Å². The lowest BCUT2D eigenvalue weighted by atomic mass is 10.00. The molecule has 1 fully saturated rings. The highest BCUT2D eigenvalue weighted by Crippen LogP contribution is 2.34. The van der Waals surface area contributed by atoms with E-state index in [-0.39, 0.29) is 18.1 Å². The van der Waals surface area contributed by atoms with Crippen LogP contribution in [0.5, 0.6) is 0 Å². The second kappa shape index (κ2) is 10.3. The van der Waals surface area contributed by atoms with E-state index in [4.69, 9.17) is 0 Å². The molecule has 1 aromatic carbocycles. The molecule has 1 unspecified atom stereocenters. The molecule has 1 atom stereocenters. The maximum atomic E-state index is 13.1. The molecule has 7 nitrogen and oxygen atoms in total. The van der Waals surface area contributed by atoms with Gasteiger partial charge in [0.1, 0.15) is 5.82 Å². The first-order chi connectivity index (χ1) is 15.3. The topological polar surface area (TPSA) is 85.8 Å². The number of amides is 2. The van der Waals surface area contributed by atoms with Gasteiger partial charge in [0.2, 0.25) is 0 Å². The van der Waals surface area contributed by atoms with Crippen LogP contribution in [0.15, 0.2) is 48.7 Å². The van der Waals surface area contributed by atoms with E-state index in [2.05, 4.69) is 10.3 Å². The SMILES string of the molecule is O=C(O)CC(c1cccc(C(F)(F)F)c1)N1CCN(CCCCNc2ccccn2)C1=O. The van der Waals surface area contributed by atoms with Crippen LogP contribution < -0.4 is 5.32 Å². The summed E-state index contributed by atoms with van der Waals surface area (Å²) in [5.74, 6) is -0.409. The molecule has 10 heteroatoms. The minimum atomic E-state index is -4.55. The fraction of sp³-hybridized carbons (Fsp3) is 0.409. The molecule has 172 valence electrons. The average molecular weight is 450 g/mol. The average Bonchev–Trinajstić information content (AvgIpc) is 3.12. The standard InChI is InChI=1S/C22H25F3N4O3/c23-22(24,25)17-7-5-6-16(14-17)18(15-20(30)31)29-13-12-28(21(29)32)11-4-3-10-27-19-8-1-2-9-26-19/h1-2,5-9,14,18H,3-4,10-13,15H2,(H,26,27)(H,30,31). The van der Waals surface area contributed by atoms with Crippen molar-refractivity contribution in [1.29, 1.82) is 0 Å². The highest BCUT2D eigenvalue weighted by molar-refractivity contribution is 5.78. The van der Waals surface area contributed by atoms with E-state index in [1.807, 2.05) is 18.2 Å². The lowest BCUT2D eigenvalue weighted by molar-refractivity contribution is -0.138. The van der Waals surface area contributed by atoms with Gasteiger partial charge in [-0.25, -0.2) is 9.78 Å². The van der Waals surface area contributed by atoms with E-state index < -0.39 is 30.2 Å². The number of aliphatic carboxylic acids is 1. The minimum Gasteiger partial charge on any atom is -0.481 e. The van der Waals surface area contributed by atoms with E-state index in [1.54, 1.807) is 11.1 Å². The number of pyridine rings is 1. The number of carbonyl (C=O) groups is 2. The van der Waals surface area contributed by atoms with E-state index >= 15 is 0 Å². The number of aromatic nitrogens is 1. The van der Waals surface area contributed by atoms with Crippen molar-refractivity contribution in [1.82, 2.24) is 14.8 Å². The molecule has 32 heavy (non-hydrogen) atoms. The Bertz CT molecular complexity index is 924. The van der Waals surface area contributed by atoms with Gasteiger partial charge in [-0.3, -0.25) is 4.79 Å². The van der Waals surface area contributed by atoms with Crippen LogP contribution in [0, 0.1) is 0 Å². The summed E-state index contributed by atoms with van der Waals surface area (Å²) in [7, 11) is 0. The third-order valence-corrected chi connectivity index (χ3v) is 5.30. The summed E-state index contributed by atoms with van der Waals surface area (Å²) in [5, 5.41) is 12.5. The van der Waals surface area contributed by atoms with Crippen molar-refractivity contribution in [2.24, 2.45) is 0 Å². The number of halogens is 3. The molecule has 0 saturated carbocycles. The third-order valence-electron chi connectivity index (χ3n) is 5.30. The predicted octanol–water partition coefficient (Wildman–Crippen LogP) is 4.25. The number of hydrogen-bond donors (Lipinski definition) is 2. The van der Waals surface area contributed by atoms with Gasteiger partial charge in [0.25, 0.3) is 0 Å². The van der Waals surface area contributed by atoms with Crippen molar-refractivity contribution in [3.8, 4) is 0 Å². The summed E-state index contributed by atoms with van der Waals surface area (Å²) in [6, 6.07) is 8.77. The Morgan fingerprint density at radius 2 is 1.97 bits per heavy atom. The molecule has 0 bridgehead atoms. The second-order valence-electron chi connectivity index (χ2n) is 7.55. The van der Waals surface area contributed by atoms with Crippen molar-refractivity contribution < 1.29 is 27.9 Å². The maximum absolute atomic E-state index is 13.1. The third kappa shape index (κ3) is 6.12. The van der Waals surface area contributed by atoms with Gasteiger partial charge in [-0.15, -0.1) is 0 Å². The van der Waals surface area contributed by atoms with Crippen LogP contribution >= 0.6 is 0 Å². The fourth-order valence-electron chi connectivity index (χ4n) is 3.71. The van der Waals surface area contributed by atoms with Gasteiger partial charge in [0.05, 0.1) is 18.0 Å². The number of unbranched alkanes of at least 4 members (excludes halogenated alkanes) is 1. The highest BCUT2D eigenvalue weighted by atomic mass is 19.4. The monoisotopic (exact) mass is 450 g/mol. The molecule has 2 N–H and O–H groups in total. The number of nitrogens with one attached hydrogen (secondary N) is 1. The number of carboxylic acids is 1. The van der Waals surface area contributed by atoms with Gasteiger partial charge >= 0.3 is 18.2 Å². The van der Waals surface area contributed by atoms with Gasteiger partial charge < -0.3 is 20.2 Å². The summed E-state index contributed by atoms with van der Waals surface area (Å²) < 4.78 is 39.3. The Morgan fingerprint density at radius 3 is 2.66 bits per heavy atom. The van der Waals surface area contributed by atoms with Gasteiger partial charge in [-0.05, 0) is 42.7 Å². The minimum absolute atomic E-state index is 0.164. The first-order valence-electron chi connectivity index (χ1n) is 10.3. The number of benzene rings is 1. The Morgan fingerprint density at radius 1 is 1.16 bits per heavy atom. The number of urea groups is 1. The zero-order valence-corrected chi connectivity index (χ0v) is 17.4. The molecule has 3 rings (SSSR count). The molecule has 1 aromatic heterocycles. The summed E-state index contributed by atoms with van der Waals surface area (Å²) >= 11 is 0. The van der Waals surface area contributed by atoms with Crippen molar-refractivity contribution in [2.45, 2.75) is 31.5 Å². The van der Waals surface area contributed by atoms with Crippen LogP contribution in [-0.4, -0.2) is 58.1 Å². The van der Waals surface area contributed by atoms with E-state index in [0.29, 0.717) is 19.6 Å². The number of carbonyl (C=O) groups excluding carboxylic acids is 1. The van der Waals surface area contributed by atoms with Crippen molar-refractivity contribution in [2.75, 3.05) is 31.5 Å². The normalized spacial score (nSPS) is 15.2. The molecule has 1 aliphatic rings. The molecule has 0 radical (unpaired) electrons. The number of nitrogens with zero attached hydrogens (tertiary/aromatic N) is 3. The van der Waals surface area contributed by atoms with E-state index in [9.17, 15) is 27.9 Å². The number of anilines is 1. The summed E-state index contributed by atoms with van der Waals surface area (Å²) in [6.45, 7) is 1.84. The summed E-state index contributed by atoms with van der Waals surface area (Å²) in [4.78, 5) is 31.4. The largest absolute Gasteiger partial charge is 0.481 e. The van der Waals surface area contributed by atoms with Gasteiger partial charge in [0.15, 0.2) is 0 Å². The lowest BCUT2D eigenvalue weighted by Crippen LogP contribution is -2.36. The number of hydrogen-bond acceptors (Lipinski definition) is 4. The van der Waals surface area contributed by atoms with Crippen LogP contribution in [0.2, 0.25) is 0 Å². The van der Waals surface area contributed by atoms with E-state index in [1.165, 1.54) is 17.0 Å². The van der Waals surface area contributed by atoms with E-state index in [0.717, 1.165) is 30.8 Å². The first-order valence-corrected chi connectivity index (χ1v) is 10.3. The molecule has 2 aromatic rings. The zero-order valence-electron chi connectivity index (χ0n) is 17.4. The molecular formula is C22H25F3N4O3. The Kier molecular flexibility index (Phi) is 7.55. The summed E-state index contributed by atoms with van der Waals surface area (Å²) in [6.07, 6.45) is -1.79. The fourth-order valence-corrected chi connectivity index (χ4v) is 3.71. The molecule has 0 spiro atoms. The lowest BCUT2D eigenvalue weighted by Gasteiger charge is -2.28. The van der Waals surface area contributed by atoms with Crippen molar-refractivity contribution in [3.63, 3.8) is 0 Å². The van der Waals surface area contributed by atoms with Gasteiger partial charge in [-0.1, -0.05) is 18.2 Å². The highest BCUT2D eigenvalue weighted by Gasteiger charge is 2.37. The Labute approximate surface area is 183 Å². The van der Waals surface area contributed by atoms with Crippen molar-refractivity contribution in [3.05, 3.63) is 59.8 Å². The molecule has 2 amide bonds. The summed E-state index contributed by atoms with van der Waals surface area (Å²) in [5.41, 5.74) is -0.703. The van der Waals surface area contributed by atoms with Gasteiger partial charge in [0, 0.05) is 32.4 Å². The van der Waals surface area contributed by atoms with Crippen LogP contribution in [0.4, 0.5) is 23.8 Å². The molecule has 1 saturated heterocycles. The predicted molar refractivity (Wildman–Crippen MR) is 112 cm³/mol. The Hall–Kier alpha value is -3.30. The molecule has 1 aliphatic heterocycles. The molecular weight excluding hydrogens is 425 g/mol. The number of rotatable bonds is 10. The van der Waals surface area contributed by atoms with Crippen LogP contribution in [0.3, 0.4) is 0 Å². The quantitative estimate of drug-likeness (QED) is 0.529. The first kappa shape index (κ1) is 23.4. The molecule has 2 heterocycles. The zero-order chi connectivity index (χ0) is 23.1. The molecule has 0 aliphatic carbocycles.